The molecule has 29 heavy (non-hydrogen) atoms. The molecule has 0 fully saturated rings. The Kier molecular flexibility index (Phi) is 7.89. The topological polar surface area (TPSA) is 84.9 Å². The molecular weight excluding hydrogens is 416 g/mol. The van der Waals surface area contributed by atoms with Crippen LogP contribution in [0.3, 0.4) is 0 Å². The van der Waals surface area contributed by atoms with Crippen LogP contribution in [0.15, 0.2) is 47.4 Å². The lowest BCUT2D eigenvalue weighted by atomic mass is 10.1. The van der Waals surface area contributed by atoms with Crippen molar-refractivity contribution in [3.05, 3.63) is 53.1 Å². The van der Waals surface area contributed by atoms with E-state index in [4.69, 9.17) is 21.1 Å². The van der Waals surface area contributed by atoms with Crippen LogP contribution < -0.4 is 14.2 Å². The number of rotatable bonds is 9. The predicted octanol–water partition coefficient (Wildman–Crippen LogP) is 2.73. The molecule has 0 aromatic heterocycles. The van der Waals surface area contributed by atoms with Gasteiger partial charge in [-0.3, -0.25) is 4.79 Å². The molecule has 0 aliphatic heterocycles. The zero-order valence-corrected chi connectivity index (χ0v) is 18.4. The van der Waals surface area contributed by atoms with Crippen LogP contribution in [0, 0.1) is 0 Å². The average Bonchev–Trinajstić information content (AvgIpc) is 2.71. The smallest absolute Gasteiger partial charge is 0.241 e. The maximum Gasteiger partial charge on any atom is 0.241 e. The number of amides is 1. The first-order valence-corrected chi connectivity index (χ1v) is 10.8. The van der Waals surface area contributed by atoms with E-state index in [1.54, 1.807) is 27.3 Å². The van der Waals surface area contributed by atoms with E-state index in [-0.39, 0.29) is 10.8 Å². The quantitative estimate of drug-likeness (QED) is 0.648. The minimum Gasteiger partial charge on any atom is -0.493 e. The van der Waals surface area contributed by atoms with Crippen LogP contribution >= 0.6 is 11.6 Å². The van der Waals surface area contributed by atoms with E-state index in [0.717, 1.165) is 5.56 Å². The molecule has 0 heterocycles. The van der Waals surface area contributed by atoms with Gasteiger partial charge in [-0.1, -0.05) is 17.7 Å². The molecule has 2 rings (SSSR count). The van der Waals surface area contributed by atoms with E-state index in [9.17, 15) is 13.2 Å². The zero-order chi connectivity index (χ0) is 21.6. The first kappa shape index (κ1) is 23.0. The fraction of sp³-hybridized carbons (Fsp3) is 0.350. The standard InChI is InChI=1S/C20H25ClN2O5S/c1-14(22-29(25,26)17-8-6-16(21)7-9-17)20(24)23(2)12-11-15-5-10-18(27-3)19(13-15)28-4/h5-10,13-14,22H,11-12H2,1-4H3. The highest BCUT2D eigenvalue weighted by molar-refractivity contribution is 7.89. The van der Waals surface area contributed by atoms with E-state index in [0.29, 0.717) is 29.5 Å². The zero-order valence-electron chi connectivity index (χ0n) is 16.8. The summed E-state index contributed by atoms with van der Waals surface area (Å²) in [6, 6.07) is 10.4. The molecule has 1 amide bonds. The summed E-state index contributed by atoms with van der Waals surface area (Å²) in [6.45, 7) is 1.93. The average molecular weight is 441 g/mol. The van der Waals surface area contributed by atoms with Gasteiger partial charge < -0.3 is 14.4 Å². The van der Waals surface area contributed by atoms with Gasteiger partial charge in [0.25, 0.3) is 0 Å². The van der Waals surface area contributed by atoms with Gasteiger partial charge in [0.05, 0.1) is 25.2 Å². The molecule has 1 N–H and O–H groups in total. The first-order valence-electron chi connectivity index (χ1n) is 8.91. The van der Waals surface area contributed by atoms with Gasteiger partial charge >= 0.3 is 0 Å². The molecular formula is C20H25ClN2O5S. The van der Waals surface area contributed by atoms with Gasteiger partial charge in [-0.15, -0.1) is 0 Å². The highest BCUT2D eigenvalue weighted by Crippen LogP contribution is 2.27. The van der Waals surface area contributed by atoms with E-state index in [1.165, 1.54) is 36.1 Å². The summed E-state index contributed by atoms with van der Waals surface area (Å²) < 4.78 is 37.8. The minimum absolute atomic E-state index is 0.0505. The van der Waals surface area contributed by atoms with Gasteiger partial charge in [0.1, 0.15) is 0 Å². The molecule has 0 aliphatic rings. The molecule has 0 saturated carbocycles. The van der Waals surface area contributed by atoms with Crippen molar-refractivity contribution in [3.63, 3.8) is 0 Å². The highest BCUT2D eigenvalue weighted by atomic mass is 35.5. The molecule has 7 nitrogen and oxygen atoms in total. The third-order valence-corrected chi connectivity index (χ3v) is 6.19. The third-order valence-electron chi connectivity index (χ3n) is 4.39. The van der Waals surface area contributed by atoms with Crippen LogP contribution in [0.5, 0.6) is 11.5 Å². The number of sulfonamides is 1. The van der Waals surface area contributed by atoms with Crippen molar-refractivity contribution in [1.82, 2.24) is 9.62 Å². The maximum absolute atomic E-state index is 12.6. The number of methoxy groups -OCH3 is 2. The molecule has 158 valence electrons. The number of hydrogen-bond acceptors (Lipinski definition) is 5. The van der Waals surface area contributed by atoms with Crippen molar-refractivity contribution in [2.24, 2.45) is 0 Å². The number of carbonyl (C=O) groups excluding carboxylic acids is 1. The number of nitrogens with zero attached hydrogens (tertiary/aromatic N) is 1. The Morgan fingerprint density at radius 2 is 1.72 bits per heavy atom. The Hall–Kier alpha value is -2.29. The van der Waals surface area contributed by atoms with Gasteiger partial charge in [-0.2, -0.15) is 4.72 Å². The van der Waals surface area contributed by atoms with Gasteiger partial charge in [0.15, 0.2) is 11.5 Å². The Morgan fingerprint density at radius 3 is 2.31 bits per heavy atom. The lowest BCUT2D eigenvalue weighted by Gasteiger charge is -2.22. The van der Waals surface area contributed by atoms with E-state index < -0.39 is 16.1 Å². The summed E-state index contributed by atoms with van der Waals surface area (Å²) in [5.41, 5.74) is 0.969. The van der Waals surface area contributed by atoms with Gasteiger partial charge in [0, 0.05) is 18.6 Å². The van der Waals surface area contributed by atoms with Crippen molar-refractivity contribution in [2.45, 2.75) is 24.3 Å². The van der Waals surface area contributed by atoms with Crippen molar-refractivity contribution >= 4 is 27.5 Å². The van der Waals surface area contributed by atoms with Crippen LogP contribution in [0.1, 0.15) is 12.5 Å². The van der Waals surface area contributed by atoms with Crippen LogP contribution in [0.4, 0.5) is 0 Å². The molecule has 0 saturated heterocycles. The largest absolute Gasteiger partial charge is 0.493 e. The van der Waals surface area contributed by atoms with Crippen molar-refractivity contribution < 1.29 is 22.7 Å². The number of halogens is 1. The molecule has 1 unspecified atom stereocenters. The molecule has 0 radical (unpaired) electrons. The second-order valence-corrected chi connectivity index (χ2v) is 8.65. The summed E-state index contributed by atoms with van der Waals surface area (Å²) in [4.78, 5) is 14.1. The van der Waals surface area contributed by atoms with Crippen molar-refractivity contribution in [1.29, 1.82) is 0 Å². The molecule has 0 spiro atoms. The molecule has 9 heteroatoms. The molecule has 0 bridgehead atoms. The van der Waals surface area contributed by atoms with Crippen LogP contribution in [0.2, 0.25) is 5.02 Å². The molecule has 2 aromatic rings. The first-order chi connectivity index (χ1) is 13.7. The van der Waals surface area contributed by atoms with E-state index in [2.05, 4.69) is 4.72 Å². The number of benzene rings is 2. The Balaban J connectivity index is 1.97. The van der Waals surface area contributed by atoms with E-state index in [1.807, 2.05) is 12.1 Å². The maximum atomic E-state index is 12.6. The van der Waals surface area contributed by atoms with Crippen molar-refractivity contribution in [3.8, 4) is 11.5 Å². The number of nitrogens with one attached hydrogen (secondary N) is 1. The van der Waals surface area contributed by atoms with Gasteiger partial charge in [-0.05, 0) is 55.3 Å². The summed E-state index contributed by atoms with van der Waals surface area (Å²) >= 11 is 5.79. The second-order valence-electron chi connectivity index (χ2n) is 6.50. The Morgan fingerprint density at radius 1 is 1.10 bits per heavy atom. The summed E-state index contributed by atoms with van der Waals surface area (Å²) in [5, 5.41) is 0.433. The SMILES string of the molecule is COc1ccc(CCN(C)C(=O)C(C)NS(=O)(=O)c2ccc(Cl)cc2)cc1OC. The molecule has 2 aromatic carbocycles. The number of ether oxygens (including phenoxy) is 2. The monoisotopic (exact) mass is 440 g/mol. The van der Waals surface area contributed by atoms with Crippen LogP contribution in [0.25, 0.3) is 0 Å². The van der Waals surface area contributed by atoms with Crippen molar-refractivity contribution in [2.75, 3.05) is 27.8 Å². The van der Waals surface area contributed by atoms with Crippen LogP contribution in [-0.4, -0.2) is 53.1 Å². The lowest BCUT2D eigenvalue weighted by molar-refractivity contribution is -0.131. The van der Waals surface area contributed by atoms with Gasteiger partial charge in [0.2, 0.25) is 15.9 Å². The third kappa shape index (κ3) is 6.09. The fourth-order valence-corrected chi connectivity index (χ4v) is 4.06. The minimum atomic E-state index is -3.83. The second kappa shape index (κ2) is 9.96. The summed E-state index contributed by atoms with van der Waals surface area (Å²) in [6.07, 6.45) is 0.583. The molecule has 1 atom stereocenters. The number of hydrogen-bond donors (Lipinski definition) is 1. The summed E-state index contributed by atoms with van der Waals surface area (Å²) in [7, 11) is 0.937. The highest BCUT2D eigenvalue weighted by Gasteiger charge is 2.24. The number of carbonyl (C=O) groups is 1. The van der Waals surface area contributed by atoms with E-state index >= 15 is 0 Å². The lowest BCUT2D eigenvalue weighted by Crippen LogP contribution is -2.45. The number of likely N-dealkylation sites (N-methyl/N-ethyl adjacent to an activating group) is 1. The normalized spacial score (nSPS) is 12.3. The Bertz CT molecular complexity index is 948. The van der Waals surface area contributed by atoms with Gasteiger partial charge in [-0.25, -0.2) is 8.42 Å². The fourth-order valence-electron chi connectivity index (χ4n) is 2.74. The predicted molar refractivity (Wildman–Crippen MR) is 112 cm³/mol. The summed E-state index contributed by atoms with van der Waals surface area (Å²) in [5.74, 6) is 0.914. The molecule has 0 aliphatic carbocycles. The van der Waals surface area contributed by atoms with Crippen LogP contribution in [-0.2, 0) is 21.2 Å². The Labute approximate surface area is 176 Å².